The molecule has 1 N–H and O–H groups in total. The first kappa shape index (κ1) is 23.8. The van der Waals surface area contributed by atoms with Gasteiger partial charge < -0.3 is 14.8 Å². The first-order valence-corrected chi connectivity index (χ1v) is 11.3. The summed E-state index contributed by atoms with van der Waals surface area (Å²) in [5.41, 5.74) is 0.260. The predicted molar refractivity (Wildman–Crippen MR) is 117 cm³/mol. The van der Waals surface area contributed by atoms with E-state index in [1.54, 1.807) is 28.8 Å². The van der Waals surface area contributed by atoms with Crippen molar-refractivity contribution < 1.29 is 19.1 Å². The first-order valence-electron chi connectivity index (χ1n) is 9.86. The second-order valence-electron chi connectivity index (χ2n) is 8.20. The molecule has 1 fully saturated rings. The number of nitrogens with zero attached hydrogens (tertiary/aromatic N) is 1. The molecule has 0 radical (unpaired) electrons. The van der Waals surface area contributed by atoms with E-state index < -0.39 is 17.7 Å². The normalized spacial score (nSPS) is 19.5. The third-order valence-corrected chi connectivity index (χ3v) is 5.71. The van der Waals surface area contributed by atoms with Gasteiger partial charge in [-0.15, -0.1) is 11.8 Å². The number of hydrogen-bond donors (Lipinski definition) is 1. The van der Waals surface area contributed by atoms with E-state index in [1.807, 2.05) is 46.8 Å². The summed E-state index contributed by atoms with van der Waals surface area (Å²) in [4.78, 5) is 27.3. The molecule has 6 nitrogen and oxygen atoms in total. The fourth-order valence-electron chi connectivity index (χ4n) is 2.85. The van der Waals surface area contributed by atoms with Crippen LogP contribution in [0, 0.1) is 0 Å². The molecule has 2 rings (SSSR count). The smallest absolute Gasteiger partial charge is 0.412 e. The van der Waals surface area contributed by atoms with Crippen LogP contribution in [0.15, 0.2) is 24.3 Å². The molecular weight excluding hydrogens is 412 g/mol. The van der Waals surface area contributed by atoms with Crippen LogP contribution in [0.4, 0.5) is 4.79 Å². The first-order chi connectivity index (χ1) is 13.6. The van der Waals surface area contributed by atoms with E-state index in [0.717, 1.165) is 12.0 Å². The highest BCUT2D eigenvalue weighted by Gasteiger charge is 2.44. The van der Waals surface area contributed by atoms with Crippen molar-refractivity contribution in [1.82, 2.24) is 10.2 Å². The molecule has 1 saturated heterocycles. The topological polar surface area (TPSA) is 67.9 Å². The Kier molecular flexibility index (Phi) is 8.67. The monoisotopic (exact) mass is 442 g/mol. The summed E-state index contributed by atoms with van der Waals surface area (Å²) in [6.07, 6.45) is 0.391. The lowest BCUT2D eigenvalue weighted by atomic mass is 10.1. The fourth-order valence-corrected chi connectivity index (χ4v) is 4.40. The number of hydrogen-bond acceptors (Lipinski definition) is 5. The minimum atomic E-state index is -0.649. The second-order valence-corrected chi connectivity index (χ2v) is 9.75. The Morgan fingerprint density at radius 3 is 2.52 bits per heavy atom. The van der Waals surface area contributed by atoms with Crippen LogP contribution in [-0.4, -0.2) is 53.6 Å². The molecule has 0 aromatic heterocycles. The third kappa shape index (κ3) is 7.39. The van der Waals surface area contributed by atoms with Crippen molar-refractivity contribution in [1.29, 1.82) is 0 Å². The molecule has 162 valence electrons. The number of ether oxygens (including phenoxy) is 2. The van der Waals surface area contributed by atoms with Crippen molar-refractivity contribution in [3.05, 3.63) is 34.9 Å². The predicted octanol–water partition coefficient (Wildman–Crippen LogP) is 4.62. The number of carbonyl (C=O) groups excluding carboxylic acids is 2. The van der Waals surface area contributed by atoms with E-state index in [2.05, 4.69) is 5.32 Å². The van der Waals surface area contributed by atoms with Gasteiger partial charge in [0, 0.05) is 23.9 Å². The van der Waals surface area contributed by atoms with Crippen LogP contribution in [0.1, 0.15) is 52.0 Å². The van der Waals surface area contributed by atoms with Crippen LogP contribution in [0.25, 0.3) is 0 Å². The lowest BCUT2D eigenvalue weighted by Gasteiger charge is -2.31. The molecule has 0 aliphatic carbocycles. The molecule has 0 unspecified atom stereocenters. The SMILES string of the molecule is CC(C)OCCCNC(=O)[C@@H]1CS[C@H](c2ccc(Cl)cc2)N1C(=O)OC(C)(C)C. The highest BCUT2D eigenvalue weighted by atomic mass is 35.5. The number of nitrogens with one attached hydrogen (secondary N) is 1. The van der Waals surface area contributed by atoms with Gasteiger partial charge in [-0.3, -0.25) is 9.69 Å². The largest absolute Gasteiger partial charge is 0.444 e. The van der Waals surface area contributed by atoms with Gasteiger partial charge in [0.15, 0.2) is 0 Å². The van der Waals surface area contributed by atoms with Gasteiger partial charge >= 0.3 is 6.09 Å². The zero-order chi connectivity index (χ0) is 21.6. The van der Waals surface area contributed by atoms with Crippen LogP contribution < -0.4 is 5.32 Å². The van der Waals surface area contributed by atoms with Gasteiger partial charge in [0.2, 0.25) is 5.91 Å². The lowest BCUT2D eigenvalue weighted by Crippen LogP contribution is -2.49. The zero-order valence-electron chi connectivity index (χ0n) is 17.7. The summed E-state index contributed by atoms with van der Waals surface area (Å²) < 4.78 is 11.1. The molecule has 1 aliphatic rings. The van der Waals surface area contributed by atoms with Crippen molar-refractivity contribution >= 4 is 35.4 Å². The highest BCUT2D eigenvalue weighted by Crippen LogP contribution is 2.42. The van der Waals surface area contributed by atoms with E-state index in [9.17, 15) is 9.59 Å². The van der Waals surface area contributed by atoms with E-state index in [0.29, 0.717) is 23.9 Å². The average molecular weight is 443 g/mol. The quantitative estimate of drug-likeness (QED) is 0.624. The standard InChI is InChI=1S/C21H31ClN2O4S/c1-14(2)27-12-6-11-23-18(25)17-13-29-19(15-7-9-16(22)10-8-15)24(17)20(26)28-21(3,4)5/h7-10,14,17,19H,6,11-13H2,1-5H3,(H,23,25)/t17-,19+/m0/s1. The van der Waals surface area contributed by atoms with Gasteiger partial charge in [-0.1, -0.05) is 23.7 Å². The molecule has 0 bridgehead atoms. The van der Waals surface area contributed by atoms with Crippen LogP contribution in [-0.2, 0) is 14.3 Å². The molecule has 2 amide bonds. The van der Waals surface area contributed by atoms with Crippen LogP contribution in [0.3, 0.4) is 0 Å². The van der Waals surface area contributed by atoms with Gasteiger partial charge in [0.25, 0.3) is 0 Å². The maximum Gasteiger partial charge on any atom is 0.412 e. The molecule has 1 aliphatic heterocycles. The fraction of sp³-hybridized carbons (Fsp3) is 0.619. The maximum atomic E-state index is 12.9. The molecule has 1 heterocycles. The number of carbonyl (C=O) groups is 2. The average Bonchev–Trinajstić information content (AvgIpc) is 3.05. The summed E-state index contributed by atoms with van der Waals surface area (Å²) in [6, 6.07) is 6.73. The van der Waals surface area contributed by atoms with Crippen LogP contribution in [0.2, 0.25) is 5.02 Å². The second kappa shape index (κ2) is 10.5. The van der Waals surface area contributed by atoms with Crippen molar-refractivity contribution in [3.63, 3.8) is 0 Å². The summed E-state index contributed by atoms with van der Waals surface area (Å²) in [6.45, 7) is 10.5. The summed E-state index contributed by atoms with van der Waals surface area (Å²) in [5, 5.41) is 3.24. The number of halogens is 1. The molecule has 0 spiro atoms. The molecule has 29 heavy (non-hydrogen) atoms. The minimum Gasteiger partial charge on any atom is -0.444 e. The van der Waals surface area contributed by atoms with Crippen LogP contribution in [0.5, 0.6) is 0 Å². The number of thioether (sulfide) groups is 1. The molecule has 2 atom stereocenters. The third-order valence-electron chi connectivity index (χ3n) is 4.13. The Bertz CT molecular complexity index is 691. The number of benzene rings is 1. The van der Waals surface area contributed by atoms with Crippen LogP contribution >= 0.6 is 23.4 Å². The van der Waals surface area contributed by atoms with E-state index in [-0.39, 0.29) is 17.4 Å². The zero-order valence-corrected chi connectivity index (χ0v) is 19.3. The summed E-state index contributed by atoms with van der Waals surface area (Å²) in [5.74, 6) is 0.324. The van der Waals surface area contributed by atoms with E-state index >= 15 is 0 Å². The number of rotatable bonds is 7. The minimum absolute atomic E-state index is 0.166. The van der Waals surface area contributed by atoms with Gasteiger partial charge in [0.1, 0.15) is 17.0 Å². The Hall–Kier alpha value is -1.44. The molecule has 1 aromatic rings. The van der Waals surface area contributed by atoms with Gasteiger partial charge in [-0.2, -0.15) is 0 Å². The van der Waals surface area contributed by atoms with Crippen molar-refractivity contribution in [2.24, 2.45) is 0 Å². The maximum absolute atomic E-state index is 12.9. The Morgan fingerprint density at radius 2 is 1.93 bits per heavy atom. The number of amides is 2. The molecule has 0 saturated carbocycles. The molecule has 8 heteroatoms. The van der Waals surface area contributed by atoms with Gasteiger partial charge in [-0.05, 0) is 58.7 Å². The summed E-state index contributed by atoms with van der Waals surface area (Å²) in [7, 11) is 0. The van der Waals surface area contributed by atoms with Gasteiger partial charge in [-0.25, -0.2) is 4.79 Å². The van der Waals surface area contributed by atoms with Crippen molar-refractivity contribution in [3.8, 4) is 0 Å². The molecule has 1 aromatic carbocycles. The Balaban J connectivity index is 2.09. The van der Waals surface area contributed by atoms with Crippen molar-refractivity contribution in [2.75, 3.05) is 18.9 Å². The molecular formula is C21H31ClN2O4S. The van der Waals surface area contributed by atoms with Crippen molar-refractivity contribution in [2.45, 2.75) is 64.2 Å². The highest BCUT2D eigenvalue weighted by molar-refractivity contribution is 7.99. The van der Waals surface area contributed by atoms with E-state index in [1.165, 1.54) is 0 Å². The van der Waals surface area contributed by atoms with Gasteiger partial charge in [0.05, 0.1) is 6.10 Å². The summed E-state index contributed by atoms with van der Waals surface area (Å²) >= 11 is 7.54. The van der Waals surface area contributed by atoms with E-state index in [4.69, 9.17) is 21.1 Å². The Morgan fingerprint density at radius 1 is 1.28 bits per heavy atom. The Labute approximate surface area is 182 Å². The lowest BCUT2D eigenvalue weighted by molar-refractivity contribution is -0.125.